The maximum absolute atomic E-state index is 9.78. The van der Waals surface area contributed by atoms with Gasteiger partial charge in [-0.05, 0) is 0 Å². The zero-order chi connectivity index (χ0) is 5.70. The van der Waals surface area contributed by atoms with E-state index < -0.39 is 0 Å². The molecule has 0 aliphatic rings. The van der Waals surface area contributed by atoms with Gasteiger partial charge >= 0.3 is 0 Å². The average molecular weight is 102 g/mol. The highest BCUT2D eigenvalue weighted by Crippen LogP contribution is 1.72. The first-order valence-corrected chi connectivity index (χ1v) is 1.66. The van der Waals surface area contributed by atoms with Gasteiger partial charge in [-0.2, -0.15) is 0 Å². The van der Waals surface area contributed by atoms with E-state index in [1.165, 1.54) is 7.05 Å². The van der Waals surface area contributed by atoms with Gasteiger partial charge in [0.2, 0.25) is 5.28 Å². The summed E-state index contributed by atoms with van der Waals surface area (Å²) >= 11 is 0. The van der Waals surface area contributed by atoms with Crippen molar-refractivity contribution in [2.75, 3.05) is 7.05 Å². The summed E-state index contributed by atoms with van der Waals surface area (Å²) in [7, 11) is 1.21. The Bertz CT molecular complexity index is 84.9. The van der Waals surface area contributed by atoms with Gasteiger partial charge in [0.1, 0.15) is 6.26 Å². The molecule has 0 atom stereocenters. The monoisotopic (exact) mass is 102 g/mol. The van der Waals surface area contributed by atoms with Crippen LogP contribution in [-0.4, -0.2) is 11.9 Å². The van der Waals surface area contributed by atoms with Gasteiger partial charge in [0.15, 0.2) is 7.05 Å². The Morgan fingerprint density at radius 3 is 2.71 bits per heavy atom. The minimum Gasteiger partial charge on any atom is -0.598 e. The Balaban J connectivity index is 3.25. The molecule has 0 aromatic carbocycles. The van der Waals surface area contributed by atoms with Crippen LogP contribution < -0.4 is 0 Å². The topological polar surface area (TPSA) is 47.7 Å². The van der Waals surface area contributed by atoms with Crippen molar-refractivity contribution in [2.24, 2.45) is 5.28 Å². The molecule has 0 heterocycles. The number of nitrogens with zero attached hydrogens (tertiary/aromatic N) is 2. The molecule has 7 heavy (non-hydrogen) atoms. The van der Waals surface area contributed by atoms with Gasteiger partial charge in [-0.3, -0.25) is 0 Å². The van der Waals surface area contributed by atoms with E-state index in [4.69, 9.17) is 0 Å². The minimum atomic E-state index is 0.293. The van der Waals surface area contributed by atoms with E-state index in [0.717, 1.165) is 6.26 Å². The lowest BCUT2D eigenvalue weighted by molar-refractivity contribution is -0.526. The second-order valence-electron chi connectivity index (χ2n) is 0.818. The molecule has 40 valence electrons. The summed E-state index contributed by atoms with van der Waals surface area (Å²) in [5, 5.41) is 12.7. The summed E-state index contributed by atoms with van der Waals surface area (Å²) in [5.41, 5.74) is 0. The van der Waals surface area contributed by atoms with E-state index >= 15 is 0 Å². The zero-order valence-corrected chi connectivity index (χ0v) is 4.00. The van der Waals surface area contributed by atoms with Gasteiger partial charge in [0.05, 0.1) is 0 Å². The van der Waals surface area contributed by atoms with Crippen molar-refractivity contribution < 1.29 is 9.70 Å². The zero-order valence-electron chi connectivity index (χ0n) is 4.00. The first-order valence-electron chi connectivity index (χ1n) is 1.66. The van der Waals surface area contributed by atoms with E-state index in [1.54, 1.807) is 0 Å². The smallest absolute Gasteiger partial charge is 0.204 e. The molecule has 0 aromatic rings. The van der Waals surface area contributed by atoms with Crippen LogP contribution in [0.15, 0.2) is 18.1 Å². The van der Waals surface area contributed by atoms with Crippen molar-refractivity contribution in [2.45, 2.75) is 0 Å². The van der Waals surface area contributed by atoms with E-state index in [0.29, 0.717) is 4.86 Å². The fourth-order valence-electron chi connectivity index (χ4n) is 0.0997. The fourth-order valence-corrected chi connectivity index (χ4v) is 0.0997. The third-order valence-electron chi connectivity index (χ3n) is 0.237. The largest absolute Gasteiger partial charge is 0.598 e. The standard InChI is InChI=1S/C3H6N2O2/c1-3-7-4-5(2)6/h3H,1H2,2H3/b5-4-. The van der Waals surface area contributed by atoms with Crippen LogP contribution in [0.4, 0.5) is 0 Å². The molecular formula is C3H6N2O2. The maximum Gasteiger partial charge on any atom is 0.204 e. The molecule has 0 spiro atoms. The van der Waals surface area contributed by atoms with Gasteiger partial charge < -0.3 is 10.0 Å². The van der Waals surface area contributed by atoms with Crippen LogP contribution in [0, 0.1) is 5.21 Å². The Hall–Kier alpha value is -1.06. The Morgan fingerprint density at radius 2 is 2.57 bits per heavy atom. The van der Waals surface area contributed by atoms with Crippen LogP contribution in [-0.2, 0) is 4.84 Å². The lowest BCUT2D eigenvalue weighted by atomic mass is 11.2. The maximum atomic E-state index is 9.78. The number of hydroxylamine groups is 1. The highest BCUT2D eigenvalue weighted by Gasteiger charge is 1.72. The molecule has 0 aliphatic carbocycles. The van der Waals surface area contributed by atoms with Crippen molar-refractivity contribution in [1.29, 1.82) is 0 Å². The molecule has 0 radical (unpaired) electrons. The molecule has 0 rings (SSSR count). The highest BCUT2D eigenvalue weighted by molar-refractivity contribution is 4.42. The van der Waals surface area contributed by atoms with Crippen LogP contribution in [0.3, 0.4) is 0 Å². The molecule has 0 saturated carbocycles. The molecule has 0 aliphatic heterocycles. The molecule has 0 unspecified atom stereocenters. The third-order valence-corrected chi connectivity index (χ3v) is 0.237. The van der Waals surface area contributed by atoms with Crippen molar-refractivity contribution in [3.8, 4) is 0 Å². The normalized spacial score (nSPS) is 10.7. The van der Waals surface area contributed by atoms with Crippen molar-refractivity contribution in [1.82, 2.24) is 0 Å². The molecule has 0 fully saturated rings. The molecule has 4 heteroatoms. The van der Waals surface area contributed by atoms with Gasteiger partial charge in [-0.15, -0.1) is 0 Å². The van der Waals surface area contributed by atoms with Crippen molar-refractivity contribution in [3.63, 3.8) is 0 Å². The van der Waals surface area contributed by atoms with Gasteiger partial charge in [-0.1, -0.05) is 11.4 Å². The molecule has 0 aromatic heterocycles. The number of hydrogen-bond acceptors (Lipinski definition) is 3. The second-order valence-corrected chi connectivity index (χ2v) is 0.818. The molecule has 4 nitrogen and oxygen atoms in total. The molecule has 0 N–H and O–H groups in total. The molecule has 0 amide bonds. The summed E-state index contributed by atoms with van der Waals surface area (Å²) in [6, 6.07) is 0. The SMILES string of the molecule is C=CO/N=[N+](/C)[O-]. The van der Waals surface area contributed by atoms with Crippen LogP contribution in [0.1, 0.15) is 0 Å². The fraction of sp³-hybridized carbons (Fsp3) is 0.333. The Labute approximate surface area is 41.3 Å². The van der Waals surface area contributed by atoms with E-state index in [9.17, 15) is 5.21 Å². The van der Waals surface area contributed by atoms with Crippen molar-refractivity contribution >= 4 is 0 Å². The van der Waals surface area contributed by atoms with Crippen LogP contribution >= 0.6 is 0 Å². The lowest BCUT2D eigenvalue weighted by Crippen LogP contribution is -1.87. The van der Waals surface area contributed by atoms with Gasteiger partial charge in [-0.25, -0.2) is 0 Å². The van der Waals surface area contributed by atoms with E-state index in [1.807, 2.05) is 0 Å². The molecular weight excluding hydrogens is 96.0 g/mol. The first kappa shape index (κ1) is 5.94. The number of hydrogen-bond donors (Lipinski definition) is 0. The van der Waals surface area contributed by atoms with E-state index in [-0.39, 0.29) is 0 Å². The highest BCUT2D eigenvalue weighted by atomic mass is 16.7. The summed E-state index contributed by atoms with van der Waals surface area (Å²) < 4.78 is 0. The third kappa shape index (κ3) is 4.94. The van der Waals surface area contributed by atoms with Crippen LogP contribution in [0.2, 0.25) is 0 Å². The van der Waals surface area contributed by atoms with Crippen molar-refractivity contribution in [3.05, 3.63) is 18.0 Å². The second kappa shape index (κ2) is 3.14. The summed E-state index contributed by atoms with van der Waals surface area (Å²) in [4.78, 5) is 4.39. The molecule has 0 saturated heterocycles. The summed E-state index contributed by atoms with van der Waals surface area (Å²) in [6.45, 7) is 3.15. The minimum absolute atomic E-state index is 0.293. The molecule has 0 bridgehead atoms. The predicted octanol–water partition coefficient (Wildman–Crippen LogP) is 0.654. The van der Waals surface area contributed by atoms with Gasteiger partial charge in [0, 0.05) is 0 Å². The number of rotatable bonds is 2. The quantitative estimate of drug-likeness (QED) is 0.222. The summed E-state index contributed by atoms with van der Waals surface area (Å²) in [6.07, 6.45) is 1.06. The Kier molecular flexibility index (Phi) is 2.67. The summed E-state index contributed by atoms with van der Waals surface area (Å²) in [5.74, 6) is 0. The lowest BCUT2D eigenvalue weighted by Gasteiger charge is -1.85. The predicted molar refractivity (Wildman–Crippen MR) is 23.3 cm³/mol. The average Bonchev–Trinajstić information content (AvgIpc) is 1.61. The van der Waals surface area contributed by atoms with Gasteiger partial charge in [0.25, 0.3) is 0 Å². The van der Waals surface area contributed by atoms with Crippen LogP contribution in [0.5, 0.6) is 0 Å². The van der Waals surface area contributed by atoms with Crippen LogP contribution in [0.25, 0.3) is 0 Å². The Morgan fingerprint density at radius 1 is 2.00 bits per heavy atom. The first-order chi connectivity index (χ1) is 3.27. The van der Waals surface area contributed by atoms with E-state index in [2.05, 4.69) is 16.7 Å².